The third-order valence-electron chi connectivity index (χ3n) is 5.10. The number of aromatic nitrogens is 1. The normalized spacial score (nSPS) is 24.6. The van der Waals surface area contributed by atoms with Crippen LogP contribution in [0, 0.1) is 0 Å². The molecule has 0 bridgehead atoms. The standard InChI is InChI=1S/C18H30N4/c1-3-10-21-11-5-4-8-17(21)16-7-6-9-19-18(16)22-14-12-20(2)13-15-22/h6-7,9,17H,3-5,8,10-15H2,1-2H3/t17-/m1/s1. The SMILES string of the molecule is CCCN1CCCC[C@@H]1c1cccnc1N1CCN(C)CC1. The molecule has 0 N–H and O–H groups in total. The molecule has 1 aromatic rings. The Balaban J connectivity index is 1.83. The van der Waals surface area contributed by atoms with Crippen molar-refractivity contribution in [3.63, 3.8) is 0 Å². The molecule has 3 heterocycles. The fraction of sp³-hybridized carbons (Fsp3) is 0.722. The maximum atomic E-state index is 4.78. The summed E-state index contributed by atoms with van der Waals surface area (Å²) in [5.74, 6) is 1.24. The van der Waals surface area contributed by atoms with Gasteiger partial charge in [0, 0.05) is 44.0 Å². The highest BCUT2D eigenvalue weighted by molar-refractivity contribution is 5.49. The fourth-order valence-corrected chi connectivity index (χ4v) is 3.85. The van der Waals surface area contributed by atoms with Gasteiger partial charge in [0.2, 0.25) is 0 Å². The van der Waals surface area contributed by atoms with Gasteiger partial charge < -0.3 is 9.80 Å². The Kier molecular flexibility index (Phi) is 5.32. The summed E-state index contributed by atoms with van der Waals surface area (Å²) in [6.45, 7) is 9.22. The van der Waals surface area contributed by atoms with Crippen LogP contribution in [0.5, 0.6) is 0 Å². The minimum absolute atomic E-state index is 0.567. The van der Waals surface area contributed by atoms with Crippen molar-refractivity contribution in [1.82, 2.24) is 14.8 Å². The van der Waals surface area contributed by atoms with E-state index in [4.69, 9.17) is 4.98 Å². The van der Waals surface area contributed by atoms with Gasteiger partial charge >= 0.3 is 0 Å². The molecule has 2 saturated heterocycles. The van der Waals surface area contributed by atoms with Crippen LogP contribution in [0.25, 0.3) is 0 Å². The lowest BCUT2D eigenvalue weighted by Crippen LogP contribution is -2.45. The molecule has 2 fully saturated rings. The monoisotopic (exact) mass is 302 g/mol. The summed E-state index contributed by atoms with van der Waals surface area (Å²) < 4.78 is 0. The van der Waals surface area contributed by atoms with Gasteiger partial charge in [-0.3, -0.25) is 4.90 Å². The molecule has 0 radical (unpaired) electrons. The van der Waals surface area contributed by atoms with Gasteiger partial charge in [-0.25, -0.2) is 4.98 Å². The van der Waals surface area contributed by atoms with Crippen molar-refractivity contribution < 1.29 is 0 Å². The Morgan fingerprint density at radius 3 is 2.73 bits per heavy atom. The molecule has 0 spiro atoms. The predicted molar refractivity (Wildman–Crippen MR) is 92.4 cm³/mol. The average molecular weight is 302 g/mol. The number of pyridine rings is 1. The number of likely N-dealkylation sites (tertiary alicyclic amines) is 1. The maximum Gasteiger partial charge on any atom is 0.133 e. The van der Waals surface area contributed by atoms with Gasteiger partial charge in [0.15, 0.2) is 0 Å². The summed E-state index contributed by atoms with van der Waals surface area (Å²) in [5.41, 5.74) is 1.46. The predicted octanol–water partition coefficient (Wildman–Crippen LogP) is 2.77. The Labute approximate surface area is 135 Å². The van der Waals surface area contributed by atoms with Gasteiger partial charge in [-0.05, 0) is 45.5 Å². The third kappa shape index (κ3) is 3.44. The lowest BCUT2D eigenvalue weighted by molar-refractivity contribution is 0.149. The van der Waals surface area contributed by atoms with E-state index in [2.05, 4.69) is 40.8 Å². The van der Waals surface area contributed by atoms with Crippen molar-refractivity contribution in [3.05, 3.63) is 23.9 Å². The Morgan fingerprint density at radius 1 is 1.14 bits per heavy atom. The first-order valence-corrected chi connectivity index (χ1v) is 8.92. The smallest absolute Gasteiger partial charge is 0.133 e. The van der Waals surface area contributed by atoms with Gasteiger partial charge in [-0.2, -0.15) is 0 Å². The Morgan fingerprint density at radius 2 is 1.95 bits per heavy atom. The van der Waals surface area contributed by atoms with Crippen LogP contribution in [0.15, 0.2) is 18.3 Å². The van der Waals surface area contributed by atoms with Crippen LogP contribution in [-0.4, -0.2) is 61.1 Å². The van der Waals surface area contributed by atoms with Crippen LogP contribution in [0.4, 0.5) is 5.82 Å². The van der Waals surface area contributed by atoms with Gasteiger partial charge in [0.25, 0.3) is 0 Å². The number of rotatable bonds is 4. The first-order chi connectivity index (χ1) is 10.8. The zero-order valence-corrected chi connectivity index (χ0v) is 14.2. The first kappa shape index (κ1) is 15.8. The van der Waals surface area contributed by atoms with Crippen molar-refractivity contribution >= 4 is 5.82 Å². The molecule has 22 heavy (non-hydrogen) atoms. The van der Waals surface area contributed by atoms with Gasteiger partial charge in [-0.1, -0.05) is 19.4 Å². The van der Waals surface area contributed by atoms with E-state index in [1.165, 1.54) is 50.2 Å². The molecule has 4 nitrogen and oxygen atoms in total. The number of anilines is 1. The fourth-order valence-electron chi connectivity index (χ4n) is 3.85. The molecule has 2 aliphatic rings. The summed E-state index contributed by atoms with van der Waals surface area (Å²) in [6.07, 6.45) is 7.18. The molecule has 0 saturated carbocycles. The van der Waals surface area contributed by atoms with E-state index in [9.17, 15) is 0 Å². The van der Waals surface area contributed by atoms with E-state index < -0.39 is 0 Å². The number of nitrogens with zero attached hydrogens (tertiary/aromatic N) is 4. The van der Waals surface area contributed by atoms with Crippen LogP contribution in [0.3, 0.4) is 0 Å². The van der Waals surface area contributed by atoms with Crippen LogP contribution in [0.1, 0.15) is 44.2 Å². The molecule has 1 atom stereocenters. The first-order valence-electron chi connectivity index (χ1n) is 8.92. The summed E-state index contributed by atoms with van der Waals surface area (Å²) in [7, 11) is 2.21. The molecular weight excluding hydrogens is 272 g/mol. The number of hydrogen-bond donors (Lipinski definition) is 0. The second-order valence-corrected chi connectivity index (χ2v) is 6.75. The maximum absolute atomic E-state index is 4.78. The van der Waals surface area contributed by atoms with Crippen molar-refractivity contribution in [3.8, 4) is 0 Å². The zero-order valence-electron chi connectivity index (χ0n) is 14.2. The summed E-state index contributed by atoms with van der Waals surface area (Å²) in [6, 6.07) is 5.00. The van der Waals surface area contributed by atoms with E-state index in [0.717, 1.165) is 26.2 Å². The van der Waals surface area contributed by atoms with E-state index in [1.807, 2.05) is 6.20 Å². The van der Waals surface area contributed by atoms with Crippen molar-refractivity contribution in [2.45, 2.75) is 38.6 Å². The molecular formula is C18H30N4. The van der Waals surface area contributed by atoms with Gasteiger partial charge in [-0.15, -0.1) is 0 Å². The van der Waals surface area contributed by atoms with Crippen LogP contribution < -0.4 is 4.90 Å². The third-order valence-corrected chi connectivity index (χ3v) is 5.10. The summed E-state index contributed by atoms with van der Waals surface area (Å²) >= 11 is 0. The van der Waals surface area contributed by atoms with Crippen molar-refractivity contribution in [2.75, 3.05) is 51.2 Å². The highest BCUT2D eigenvalue weighted by atomic mass is 15.3. The molecule has 3 rings (SSSR count). The molecule has 0 aromatic carbocycles. The van der Waals surface area contributed by atoms with E-state index in [0.29, 0.717) is 6.04 Å². The molecule has 4 heteroatoms. The number of hydrogen-bond acceptors (Lipinski definition) is 4. The van der Waals surface area contributed by atoms with Crippen molar-refractivity contribution in [2.24, 2.45) is 0 Å². The minimum atomic E-state index is 0.567. The number of likely N-dealkylation sites (N-methyl/N-ethyl adjacent to an activating group) is 1. The molecule has 122 valence electrons. The van der Waals surface area contributed by atoms with Crippen LogP contribution >= 0.6 is 0 Å². The summed E-state index contributed by atoms with van der Waals surface area (Å²) in [4.78, 5) is 12.4. The van der Waals surface area contributed by atoms with Crippen LogP contribution in [0.2, 0.25) is 0 Å². The number of piperazine rings is 1. The highest BCUT2D eigenvalue weighted by Crippen LogP contribution is 2.35. The van der Waals surface area contributed by atoms with Gasteiger partial charge in [0.1, 0.15) is 5.82 Å². The molecule has 0 amide bonds. The number of piperidine rings is 1. The average Bonchev–Trinajstić information content (AvgIpc) is 2.57. The molecule has 1 aromatic heterocycles. The lowest BCUT2D eigenvalue weighted by atomic mass is 9.95. The summed E-state index contributed by atoms with van der Waals surface area (Å²) in [5, 5.41) is 0. The quantitative estimate of drug-likeness (QED) is 0.853. The lowest BCUT2D eigenvalue weighted by Gasteiger charge is -2.39. The second-order valence-electron chi connectivity index (χ2n) is 6.75. The topological polar surface area (TPSA) is 22.6 Å². The van der Waals surface area contributed by atoms with E-state index in [-0.39, 0.29) is 0 Å². The second kappa shape index (κ2) is 7.42. The Hall–Kier alpha value is -1.13. The highest BCUT2D eigenvalue weighted by Gasteiger charge is 2.28. The Bertz CT molecular complexity index is 466. The van der Waals surface area contributed by atoms with Gasteiger partial charge in [0.05, 0.1) is 0 Å². The molecule has 2 aliphatic heterocycles. The molecule has 0 aliphatic carbocycles. The van der Waals surface area contributed by atoms with E-state index >= 15 is 0 Å². The van der Waals surface area contributed by atoms with Crippen molar-refractivity contribution in [1.29, 1.82) is 0 Å². The molecule has 0 unspecified atom stereocenters. The van der Waals surface area contributed by atoms with Crippen LogP contribution in [-0.2, 0) is 0 Å². The zero-order chi connectivity index (χ0) is 15.4. The minimum Gasteiger partial charge on any atom is -0.354 e. The largest absolute Gasteiger partial charge is 0.354 e. The van der Waals surface area contributed by atoms with E-state index in [1.54, 1.807) is 0 Å².